The zero-order chi connectivity index (χ0) is 14.2. The summed E-state index contributed by atoms with van der Waals surface area (Å²) in [5.74, 6) is -0.580. The third kappa shape index (κ3) is 2.46. The van der Waals surface area contributed by atoms with Crippen molar-refractivity contribution in [1.29, 1.82) is 0 Å². The Morgan fingerprint density at radius 2 is 2.05 bits per heavy atom. The first kappa shape index (κ1) is 13.5. The van der Waals surface area contributed by atoms with Gasteiger partial charge in [0.05, 0.1) is 16.8 Å². The van der Waals surface area contributed by atoms with Crippen molar-refractivity contribution in [1.82, 2.24) is 9.78 Å². The molecule has 5 nitrogen and oxygen atoms in total. The molecule has 1 heterocycles. The van der Waals surface area contributed by atoms with Crippen LogP contribution >= 0.6 is 0 Å². The maximum absolute atomic E-state index is 13.2. The van der Waals surface area contributed by atoms with Crippen LogP contribution in [0.15, 0.2) is 35.5 Å². The van der Waals surface area contributed by atoms with Crippen LogP contribution < -0.4 is 4.31 Å². The molecule has 0 aliphatic heterocycles. The Kier molecular flexibility index (Phi) is 3.32. The minimum absolute atomic E-state index is 0.0427. The molecule has 0 fully saturated rings. The molecule has 0 saturated heterocycles. The molecule has 0 amide bonds. The fourth-order valence-electron chi connectivity index (χ4n) is 1.71. The Bertz CT molecular complexity index is 710. The molecule has 0 aliphatic carbocycles. The molecule has 102 valence electrons. The van der Waals surface area contributed by atoms with E-state index in [-0.39, 0.29) is 4.90 Å². The molecular formula is C12H14FN3O2S. The maximum atomic E-state index is 13.2. The monoisotopic (exact) mass is 283 g/mol. The lowest BCUT2D eigenvalue weighted by atomic mass is 10.2. The molecular weight excluding hydrogens is 269 g/mol. The number of anilines is 1. The topological polar surface area (TPSA) is 55.2 Å². The van der Waals surface area contributed by atoms with Crippen LogP contribution in [-0.2, 0) is 17.1 Å². The number of hydrogen-bond donors (Lipinski definition) is 0. The number of halogens is 1. The van der Waals surface area contributed by atoms with Crippen LogP contribution in [0.5, 0.6) is 0 Å². The first-order chi connectivity index (χ1) is 8.82. The molecule has 1 aromatic heterocycles. The summed E-state index contributed by atoms with van der Waals surface area (Å²) in [6, 6.07) is 3.70. The molecule has 2 rings (SSSR count). The second kappa shape index (κ2) is 4.65. The first-order valence-electron chi connectivity index (χ1n) is 5.56. The fourth-order valence-corrected chi connectivity index (χ4v) is 3.11. The van der Waals surface area contributed by atoms with Crippen molar-refractivity contribution in [3.05, 3.63) is 42.0 Å². The van der Waals surface area contributed by atoms with E-state index >= 15 is 0 Å². The third-order valence-corrected chi connectivity index (χ3v) is 4.77. The Morgan fingerprint density at radius 3 is 2.63 bits per heavy atom. The van der Waals surface area contributed by atoms with Gasteiger partial charge in [0.1, 0.15) is 5.82 Å². The summed E-state index contributed by atoms with van der Waals surface area (Å²) in [6.45, 7) is 1.63. The van der Waals surface area contributed by atoms with Gasteiger partial charge in [0.2, 0.25) is 0 Å². The summed E-state index contributed by atoms with van der Waals surface area (Å²) in [5, 5.41) is 3.92. The summed E-state index contributed by atoms with van der Waals surface area (Å²) in [5.41, 5.74) is 0.920. The van der Waals surface area contributed by atoms with Gasteiger partial charge in [-0.2, -0.15) is 5.10 Å². The highest BCUT2D eigenvalue weighted by Gasteiger charge is 2.24. The second-order valence-electron chi connectivity index (χ2n) is 4.25. The molecule has 0 N–H and O–H groups in total. The number of hydrogen-bond acceptors (Lipinski definition) is 3. The summed E-state index contributed by atoms with van der Waals surface area (Å²) in [7, 11) is -0.687. The number of aromatic nitrogens is 2. The highest BCUT2D eigenvalue weighted by atomic mass is 32.2. The molecule has 0 bridgehead atoms. The average Bonchev–Trinajstić information content (AvgIpc) is 2.77. The molecule has 0 atom stereocenters. The van der Waals surface area contributed by atoms with E-state index in [1.165, 1.54) is 30.1 Å². The van der Waals surface area contributed by atoms with Crippen LogP contribution in [0, 0.1) is 12.7 Å². The van der Waals surface area contributed by atoms with E-state index in [4.69, 9.17) is 0 Å². The van der Waals surface area contributed by atoms with Crippen molar-refractivity contribution in [2.24, 2.45) is 7.05 Å². The minimum Gasteiger partial charge on any atom is -0.274 e. The zero-order valence-electron chi connectivity index (χ0n) is 10.8. The van der Waals surface area contributed by atoms with Crippen LogP contribution in [-0.4, -0.2) is 25.2 Å². The molecule has 1 aromatic carbocycles. The van der Waals surface area contributed by atoms with Gasteiger partial charge in [0.25, 0.3) is 10.0 Å². The van der Waals surface area contributed by atoms with E-state index in [2.05, 4.69) is 5.10 Å². The minimum atomic E-state index is -3.79. The van der Waals surface area contributed by atoms with Gasteiger partial charge in [-0.05, 0) is 24.6 Å². The third-order valence-electron chi connectivity index (χ3n) is 2.84. The van der Waals surface area contributed by atoms with Crippen molar-refractivity contribution in [2.45, 2.75) is 11.8 Å². The largest absolute Gasteiger partial charge is 0.274 e. The number of rotatable bonds is 3. The Balaban J connectivity index is 2.50. The van der Waals surface area contributed by atoms with Gasteiger partial charge in [-0.15, -0.1) is 0 Å². The molecule has 2 aromatic rings. The fraction of sp³-hybridized carbons (Fsp3) is 0.250. The first-order valence-corrected chi connectivity index (χ1v) is 7.00. The van der Waals surface area contributed by atoms with Crippen molar-refractivity contribution < 1.29 is 12.8 Å². The highest BCUT2D eigenvalue weighted by Crippen LogP contribution is 2.24. The van der Waals surface area contributed by atoms with Gasteiger partial charge < -0.3 is 0 Å². The zero-order valence-corrected chi connectivity index (χ0v) is 11.6. The Hall–Kier alpha value is -1.89. The lowest BCUT2D eigenvalue weighted by molar-refractivity contribution is 0.588. The van der Waals surface area contributed by atoms with Crippen LogP contribution in [0.1, 0.15) is 5.56 Å². The average molecular weight is 283 g/mol. The van der Waals surface area contributed by atoms with Crippen LogP contribution in [0.4, 0.5) is 10.1 Å². The molecule has 0 spiro atoms. The Morgan fingerprint density at radius 1 is 1.37 bits per heavy atom. The normalized spacial score (nSPS) is 11.6. The van der Waals surface area contributed by atoms with E-state index < -0.39 is 15.8 Å². The van der Waals surface area contributed by atoms with Crippen LogP contribution in [0.2, 0.25) is 0 Å². The van der Waals surface area contributed by atoms with E-state index in [0.29, 0.717) is 11.3 Å². The molecule has 7 heteroatoms. The summed E-state index contributed by atoms with van der Waals surface area (Å²) >= 11 is 0. The van der Waals surface area contributed by atoms with Crippen LogP contribution in [0.25, 0.3) is 0 Å². The predicted octanol–water partition coefficient (Wildman–Crippen LogP) is 1.69. The molecule has 0 radical (unpaired) electrons. The quantitative estimate of drug-likeness (QED) is 0.861. The molecule has 19 heavy (non-hydrogen) atoms. The van der Waals surface area contributed by atoms with Gasteiger partial charge in [0.15, 0.2) is 0 Å². The summed E-state index contributed by atoms with van der Waals surface area (Å²) in [4.78, 5) is -0.0427. The number of benzene rings is 1. The lowest BCUT2D eigenvalue weighted by Crippen LogP contribution is -2.27. The smallest absolute Gasteiger partial charge is 0.264 e. The van der Waals surface area contributed by atoms with Gasteiger partial charge in [-0.1, -0.05) is 6.07 Å². The van der Waals surface area contributed by atoms with E-state index in [1.807, 2.05) is 0 Å². The molecule has 0 aliphatic rings. The highest BCUT2D eigenvalue weighted by molar-refractivity contribution is 7.92. The molecule has 0 unspecified atom stereocenters. The van der Waals surface area contributed by atoms with Gasteiger partial charge in [-0.3, -0.25) is 8.99 Å². The summed E-state index contributed by atoms with van der Waals surface area (Å²) in [6.07, 6.45) is 3.01. The maximum Gasteiger partial charge on any atom is 0.264 e. The second-order valence-corrected chi connectivity index (χ2v) is 6.19. The number of aryl methyl sites for hydroxylation is 2. The van der Waals surface area contributed by atoms with Gasteiger partial charge >= 0.3 is 0 Å². The molecule has 0 saturated carbocycles. The predicted molar refractivity (Wildman–Crippen MR) is 69.9 cm³/mol. The van der Waals surface area contributed by atoms with E-state index in [9.17, 15) is 12.8 Å². The summed E-state index contributed by atoms with van der Waals surface area (Å²) < 4.78 is 40.7. The Labute approximate surface area is 111 Å². The lowest BCUT2D eigenvalue weighted by Gasteiger charge is -2.18. The van der Waals surface area contributed by atoms with E-state index in [1.54, 1.807) is 20.2 Å². The van der Waals surface area contributed by atoms with Gasteiger partial charge in [0, 0.05) is 20.3 Å². The van der Waals surface area contributed by atoms with Crippen molar-refractivity contribution >= 4 is 15.7 Å². The number of nitrogens with zero attached hydrogens (tertiary/aromatic N) is 3. The van der Waals surface area contributed by atoms with Gasteiger partial charge in [-0.25, -0.2) is 12.8 Å². The SMILES string of the molecule is Cc1ccc(F)cc1S(=O)(=O)N(C)c1cnn(C)c1. The van der Waals surface area contributed by atoms with Crippen LogP contribution in [0.3, 0.4) is 0 Å². The van der Waals surface area contributed by atoms with E-state index in [0.717, 1.165) is 10.4 Å². The van der Waals surface area contributed by atoms with Crippen molar-refractivity contribution in [3.8, 4) is 0 Å². The van der Waals surface area contributed by atoms with Crippen molar-refractivity contribution in [2.75, 3.05) is 11.4 Å². The number of sulfonamides is 1. The standard InChI is InChI=1S/C12H14FN3O2S/c1-9-4-5-10(13)6-12(9)19(17,18)16(3)11-7-14-15(2)8-11/h4-8H,1-3H3. The van der Waals surface area contributed by atoms with Crippen molar-refractivity contribution in [3.63, 3.8) is 0 Å².